The summed E-state index contributed by atoms with van der Waals surface area (Å²) in [5.41, 5.74) is 2.38. The predicted molar refractivity (Wildman–Crippen MR) is 55.6 cm³/mol. The van der Waals surface area contributed by atoms with Crippen molar-refractivity contribution in [2.45, 2.75) is 19.3 Å². The first kappa shape index (κ1) is 9.08. The third-order valence-electron chi connectivity index (χ3n) is 3.38. The van der Waals surface area contributed by atoms with Crippen molar-refractivity contribution in [1.82, 2.24) is 0 Å². The Morgan fingerprint density at radius 1 is 1.27 bits per heavy atom. The molecule has 1 aromatic rings. The molecule has 0 aromatic heterocycles. The van der Waals surface area contributed by atoms with Gasteiger partial charge in [-0.3, -0.25) is 0 Å². The number of rotatable bonds is 2. The van der Waals surface area contributed by atoms with Gasteiger partial charge in [0, 0.05) is 5.56 Å². The molecule has 0 amide bonds. The molecule has 0 N–H and O–H groups in total. The lowest BCUT2D eigenvalue weighted by atomic mass is 10.0. The van der Waals surface area contributed by atoms with E-state index in [-0.39, 0.29) is 5.56 Å². The SMILES string of the molecule is FC(F)c1cccc(C2=CC3CC3C2)c1. The minimum Gasteiger partial charge on any atom is -0.205 e. The van der Waals surface area contributed by atoms with Crippen LogP contribution in [0.15, 0.2) is 30.3 Å². The number of alkyl halides is 2. The van der Waals surface area contributed by atoms with E-state index in [9.17, 15) is 8.78 Å². The molecule has 78 valence electrons. The van der Waals surface area contributed by atoms with Gasteiger partial charge in [0.15, 0.2) is 0 Å². The summed E-state index contributed by atoms with van der Waals surface area (Å²) < 4.78 is 25.0. The highest BCUT2D eigenvalue weighted by Gasteiger charge is 2.40. The van der Waals surface area contributed by atoms with Gasteiger partial charge < -0.3 is 0 Å². The summed E-state index contributed by atoms with van der Waals surface area (Å²) in [5.74, 6) is 1.56. The molecule has 0 saturated heterocycles. The van der Waals surface area contributed by atoms with Gasteiger partial charge in [0.1, 0.15) is 0 Å². The van der Waals surface area contributed by atoms with E-state index in [1.165, 1.54) is 18.1 Å². The van der Waals surface area contributed by atoms with Crippen LogP contribution in [0.5, 0.6) is 0 Å². The standard InChI is InChI=1S/C13H12F2/c14-13(15)9-3-1-2-8(4-9)10-5-11-7-12(11)6-10/h1-5,11-13H,6-7H2. The van der Waals surface area contributed by atoms with Crippen LogP contribution >= 0.6 is 0 Å². The lowest BCUT2D eigenvalue weighted by Crippen LogP contribution is -1.88. The van der Waals surface area contributed by atoms with Crippen LogP contribution in [0.1, 0.15) is 30.4 Å². The molecule has 0 heterocycles. The summed E-state index contributed by atoms with van der Waals surface area (Å²) in [5, 5.41) is 0. The normalized spacial score (nSPS) is 27.8. The summed E-state index contributed by atoms with van der Waals surface area (Å²) in [7, 11) is 0. The molecule has 1 saturated carbocycles. The van der Waals surface area contributed by atoms with E-state index in [2.05, 4.69) is 6.08 Å². The Bertz CT molecular complexity index is 420. The highest BCUT2D eigenvalue weighted by molar-refractivity contribution is 5.70. The molecule has 2 aliphatic rings. The molecule has 1 aromatic carbocycles. The van der Waals surface area contributed by atoms with E-state index >= 15 is 0 Å². The molecule has 0 spiro atoms. The van der Waals surface area contributed by atoms with E-state index in [1.807, 2.05) is 6.07 Å². The van der Waals surface area contributed by atoms with Crippen molar-refractivity contribution in [2.75, 3.05) is 0 Å². The molecule has 2 unspecified atom stereocenters. The highest BCUT2D eigenvalue weighted by Crippen LogP contribution is 2.52. The molecule has 0 aliphatic heterocycles. The molecule has 2 aliphatic carbocycles. The fourth-order valence-electron chi connectivity index (χ4n) is 2.41. The highest BCUT2D eigenvalue weighted by atomic mass is 19.3. The number of benzene rings is 1. The lowest BCUT2D eigenvalue weighted by Gasteiger charge is -2.06. The maximum atomic E-state index is 12.5. The Labute approximate surface area is 87.6 Å². The molecule has 1 fully saturated rings. The van der Waals surface area contributed by atoms with Crippen LogP contribution < -0.4 is 0 Å². The van der Waals surface area contributed by atoms with Crippen molar-refractivity contribution >= 4 is 5.57 Å². The summed E-state index contributed by atoms with van der Waals surface area (Å²) in [6.07, 6.45) is 2.28. The quantitative estimate of drug-likeness (QED) is 0.684. The van der Waals surface area contributed by atoms with Gasteiger partial charge in [-0.1, -0.05) is 24.3 Å². The molecule has 0 bridgehead atoms. The lowest BCUT2D eigenvalue weighted by molar-refractivity contribution is 0.151. The third-order valence-corrected chi connectivity index (χ3v) is 3.38. The Hall–Kier alpha value is -1.18. The average molecular weight is 206 g/mol. The number of halogens is 2. The van der Waals surface area contributed by atoms with Gasteiger partial charge in [0.05, 0.1) is 0 Å². The summed E-state index contributed by atoms with van der Waals surface area (Å²) in [6, 6.07) is 6.77. The number of fused-ring (bicyclic) bond motifs is 1. The Kier molecular flexibility index (Phi) is 1.91. The van der Waals surface area contributed by atoms with Crippen LogP contribution in [0.3, 0.4) is 0 Å². The second kappa shape index (κ2) is 3.16. The monoisotopic (exact) mass is 206 g/mol. The van der Waals surface area contributed by atoms with Crippen molar-refractivity contribution < 1.29 is 8.78 Å². The van der Waals surface area contributed by atoms with Gasteiger partial charge in [-0.15, -0.1) is 0 Å². The molecular weight excluding hydrogens is 194 g/mol. The van der Waals surface area contributed by atoms with Gasteiger partial charge in [0.25, 0.3) is 6.43 Å². The second-order valence-electron chi connectivity index (χ2n) is 4.48. The number of allylic oxidation sites excluding steroid dienone is 2. The van der Waals surface area contributed by atoms with Crippen LogP contribution in [0.4, 0.5) is 8.78 Å². The van der Waals surface area contributed by atoms with Gasteiger partial charge in [-0.2, -0.15) is 0 Å². The van der Waals surface area contributed by atoms with Gasteiger partial charge in [-0.05, 0) is 41.9 Å². The van der Waals surface area contributed by atoms with Crippen molar-refractivity contribution in [1.29, 1.82) is 0 Å². The fraction of sp³-hybridized carbons (Fsp3) is 0.385. The van der Waals surface area contributed by atoms with Crippen LogP contribution in [0.2, 0.25) is 0 Å². The zero-order chi connectivity index (χ0) is 10.4. The maximum absolute atomic E-state index is 12.5. The van der Waals surface area contributed by atoms with E-state index in [0.717, 1.165) is 23.8 Å². The zero-order valence-electron chi connectivity index (χ0n) is 8.29. The summed E-state index contributed by atoms with van der Waals surface area (Å²) in [4.78, 5) is 0. The van der Waals surface area contributed by atoms with Crippen molar-refractivity contribution in [3.05, 3.63) is 41.5 Å². The van der Waals surface area contributed by atoms with Crippen LogP contribution in [0, 0.1) is 11.8 Å². The van der Waals surface area contributed by atoms with Crippen molar-refractivity contribution in [2.24, 2.45) is 11.8 Å². The number of hydrogen-bond acceptors (Lipinski definition) is 0. The molecule has 0 nitrogen and oxygen atoms in total. The number of hydrogen-bond donors (Lipinski definition) is 0. The van der Waals surface area contributed by atoms with Gasteiger partial charge in [0.2, 0.25) is 0 Å². The maximum Gasteiger partial charge on any atom is 0.263 e. The molecular formula is C13H12F2. The van der Waals surface area contributed by atoms with Crippen LogP contribution in [-0.4, -0.2) is 0 Å². The molecule has 3 rings (SSSR count). The van der Waals surface area contributed by atoms with Gasteiger partial charge >= 0.3 is 0 Å². The zero-order valence-corrected chi connectivity index (χ0v) is 8.29. The summed E-state index contributed by atoms with van der Waals surface area (Å²) in [6.45, 7) is 0. The smallest absolute Gasteiger partial charge is 0.205 e. The molecule has 15 heavy (non-hydrogen) atoms. The van der Waals surface area contributed by atoms with E-state index < -0.39 is 6.43 Å². The minimum atomic E-state index is -2.36. The average Bonchev–Trinajstić information content (AvgIpc) is 2.86. The van der Waals surface area contributed by atoms with Crippen molar-refractivity contribution in [3.63, 3.8) is 0 Å². The summed E-state index contributed by atoms with van der Waals surface area (Å²) >= 11 is 0. The second-order valence-corrected chi connectivity index (χ2v) is 4.48. The van der Waals surface area contributed by atoms with Crippen LogP contribution in [-0.2, 0) is 0 Å². The first-order chi connectivity index (χ1) is 7.24. The van der Waals surface area contributed by atoms with E-state index in [4.69, 9.17) is 0 Å². The Balaban J connectivity index is 1.91. The fourth-order valence-corrected chi connectivity index (χ4v) is 2.41. The van der Waals surface area contributed by atoms with E-state index in [1.54, 1.807) is 12.1 Å². The Morgan fingerprint density at radius 3 is 2.80 bits per heavy atom. The Morgan fingerprint density at radius 2 is 2.13 bits per heavy atom. The van der Waals surface area contributed by atoms with Crippen molar-refractivity contribution in [3.8, 4) is 0 Å². The molecule has 2 heteroatoms. The molecule has 0 radical (unpaired) electrons. The van der Waals surface area contributed by atoms with E-state index in [0.29, 0.717) is 0 Å². The topological polar surface area (TPSA) is 0 Å². The third kappa shape index (κ3) is 1.58. The predicted octanol–water partition coefficient (Wildman–Crippen LogP) is 4.05. The minimum absolute atomic E-state index is 0.133. The first-order valence-corrected chi connectivity index (χ1v) is 5.33. The largest absolute Gasteiger partial charge is 0.263 e. The molecule has 2 atom stereocenters. The van der Waals surface area contributed by atoms with Gasteiger partial charge in [-0.25, -0.2) is 8.78 Å². The van der Waals surface area contributed by atoms with Crippen LogP contribution in [0.25, 0.3) is 5.57 Å². The first-order valence-electron chi connectivity index (χ1n) is 5.33.